The first kappa shape index (κ1) is 27.9. The number of likely N-dealkylation sites (tertiary alicyclic amines) is 1. The lowest BCUT2D eigenvalue weighted by Gasteiger charge is -2.51. The molecule has 0 radical (unpaired) electrons. The minimum Gasteiger partial charge on any atom is -0.491 e. The van der Waals surface area contributed by atoms with E-state index in [2.05, 4.69) is 32.5 Å². The molecule has 3 aliphatic rings. The number of nitrogens with zero attached hydrogens (tertiary/aromatic N) is 3. The first-order chi connectivity index (χ1) is 19.9. The Kier molecular flexibility index (Phi) is 8.13. The van der Waals surface area contributed by atoms with Crippen LogP contribution in [0.5, 0.6) is 5.75 Å². The number of aromatic nitrogens is 2. The van der Waals surface area contributed by atoms with Crippen LogP contribution < -0.4 is 15.4 Å². The van der Waals surface area contributed by atoms with Gasteiger partial charge in [-0.2, -0.15) is 0 Å². The third-order valence-electron chi connectivity index (χ3n) is 9.11. The molecule has 6 rings (SSSR count). The molecule has 0 bridgehead atoms. The topological polar surface area (TPSA) is 79.4 Å². The average molecular weight is 578 g/mol. The van der Waals surface area contributed by atoms with E-state index >= 15 is 0 Å². The average Bonchev–Trinajstić information content (AvgIpc) is 2.91. The first-order valence-electron chi connectivity index (χ1n) is 14.7. The van der Waals surface area contributed by atoms with Crippen molar-refractivity contribution in [3.05, 3.63) is 59.7 Å². The Morgan fingerprint density at radius 2 is 1.98 bits per heavy atom. The molecule has 0 atom stereocenters. The molecule has 1 saturated heterocycles. The lowest BCUT2D eigenvalue weighted by Crippen LogP contribution is -2.47. The molecule has 1 aliphatic heterocycles. The van der Waals surface area contributed by atoms with Crippen molar-refractivity contribution in [2.75, 3.05) is 37.4 Å². The lowest BCUT2D eigenvalue weighted by atomic mass is 9.58. The van der Waals surface area contributed by atoms with E-state index in [4.69, 9.17) is 16.3 Å². The minimum atomic E-state index is -0.491. The first-order valence-corrected chi connectivity index (χ1v) is 15.0. The molecule has 2 heterocycles. The van der Waals surface area contributed by atoms with Crippen molar-refractivity contribution in [1.82, 2.24) is 14.9 Å². The molecular weight excluding hydrogens is 541 g/mol. The van der Waals surface area contributed by atoms with Crippen LogP contribution in [0, 0.1) is 23.1 Å². The van der Waals surface area contributed by atoms with Crippen LogP contribution in [-0.4, -0.2) is 47.5 Å². The molecule has 3 fully saturated rings. The zero-order valence-electron chi connectivity index (χ0n) is 23.5. The number of hydrogen-bond acceptors (Lipinski definition) is 6. The van der Waals surface area contributed by atoms with Crippen molar-refractivity contribution < 1.29 is 13.9 Å². The summed E-state index contributed by atoms with van der Waals surface area (Å²) >= 11 is 5.99. The molecule has 216 valence electrons. The van der Waals surface area contributed by atoms with Gasteiger partial charge in [-0.05, 0) is 99.8 Å². The van der Waals surface area contributed by atoms with Crippen molar-refractivity contribution in [3.63, 3.8) is 0 Å². The highest BCUT2D eigenvalue weighted by molar-refractivity contribution is 6.31. The predicted molar refractivity (Wildman–Crippen MR) is 161 cm³/mol. The fourth-order valence-corrected chi connectivity index (χ4v) is 6.55. The number of rotatable bonds is 9. The van der Waals surface area contributed by atoms with Gasteiger partial charge in [0, 0.05) is 17.1 Å². The number of fused-ring (bicyclic) bond motifs is 1. The summed E-state index contributed by atoms with van der Waals surface area (Å²) in [5, 5.41) is 6.95. The summed E-state index contributed by atoms with van der Waals surface area (Å²) in [7, 11) is 2.20. The molecule has 2 N–H and O–H groups in total. The number of nitrogens with one attached hydrogen (secondary N) is 2. The number of anilines is 3. The number of hydrogen-bond donors (Lipinski definition) is 2. The Bertz CT molecular complexity index is 1440. The Labute approximate surface area is 245 Å². The molecular formula is C32H37ClFN5O2. The van der Waals surface area contributed by atoms with E-state index in [0.717, 1.165) is 6.42 Å². The zero-order chi connectivity index (χ0) is 28.4. The van der Waals surface area contributed by atoms with E-state index in [1.165, 1.54) is 76.5 Å². The highest BCUT2D eigenvalue weighted by atomic mass is 35.5. The van der Waals surface area contributed by atoms with Gasteiger partial charge in [-0.3, -0.25) is 4.79 Å². The van der Waals surface area contributed by atoms with Crippen LogP contribution in [0.15, 0.2) is 48.8 Å². The molecule has 1 spiro atoms. The van der Waals surface area contributed by atoms with Gasteiger partial charge in [-0.25, -0.2) is 14.4 Å². The minimum absolute atomic E-state index is 0.0173. The van der Waals surface area contributed by atoms with Gasteiger partial charge in [0.05, 0.1) is 22.8 Å². The summed E-state index contributed by atoms with van der Waals surface area (Å²) in [6, 6.07) is 8.11. The van der Waals surface area contributed by atoms with Gasteiger partial charge in [-0.1, -0.05) is 36.9 Å². The van der Waals surface area contributed by atoms with E-state index in [9.17, 15) is 9.18 Å². The number of benzene rings is 2. The molecule has 7 nitrogen and oxygen atoms in total. The predicted octanol–water partition coefficient (Wildman–Crippen LogP) is 7.35. The Morgan fingerprint density at radius 3 is 2.71 bits per heavy atom. The molecule has 0 unspecified atom stereocenters. The second-order valence-corrected chi connectivity index (χ2v) is 12.6. The number of carbonyl (C=O) groups excluding carboxylic acids is 1. The lowest BCUT2D eigenvalue weighted by molar-refractivity contribution is -0.111. The van der Waals surface area contributed by atoms with Gasteiger partial charge in [0.15, 0.2) is 0 Å². The van der Waals surface area contributed by atoms with E-state index in [0.29, 0.717) is 57.7 Å². The van der Waals surface area contributed by atoms with Gasteiger partial charge in [0.2, 0.25) is 5.91 Å². The quantitative estimate of drug-likeness (QED) is 0.259. The van der Waals surface area contributed by atoms with Crippen molar-refractivity contribution in [1.29, 1.82) is 0 Å². The second-order valence-electron chi connectivity index (χ2n) is 12.2. The van der Waals surface area contributed by atoms with E-state index in [1.807, 2.05) is 18.2 Å². The summed E-state index contributed by atoms with van der Waals surface area (Å²) in [6.07, 6.45) is 14.6. The third-order valence-corrected chi connectivity index (χ3v) is 9.40. The van der Waals surface area contributed by atoms with Crippen LogP contribution in [0.4, 0.5) is 21.6 Å². The van der Waals surface area contributed by atoms with E-state index in [1.54, 1.807) is 12.1 Å². The highest BCUT2D eigenvalue weighted by Crippen LogP contribution is 2.52. The monoisotopic (exact) mass is 577 g/mol. The van der Waals surface area contributed by atoms with Crippen molar-refractivity contribution in [3.8, 4) is 5.75 Å². The number of ether oxygens (including phenoxy) is 1. The molecule has 1 aromatic heterocycles. The van der Waals surface area contributed by atoms with Crippen molar-refractivity contribution >= 4 is 45.6 Å². The van der Waals surface area contributed by atoms with Crippen LogP contribution >= 0.6 is 11.6 Å². The third kappa shape index (κ3) is 6.49. The summed E-state index contributed by atoms with van der Waals surface area (Å²) in [5.41, 5.74) is 2.31. The maximum Gasteiger partial charge on any atom is 0.248 e. The summed E-state index contributed by atoms with van der Waals surface area (Å²) < 4.78 is 20.1. The SMILES string of the molecule is CN1CCC2(CC1)CC(COc1cc3ncnc(Nc4ccc(F)c(Cl)c4)c3cc1NC(=O)C=CCC1CCC1)C2. The fourth-order valence-electron chi connectivity index (χ4n) is 6.37. The van der Waals surface area contributed by atoms with Gasteiger partial charge in [0.25, 0.3) is 0 Å². The van der Waals surface area contributed by atoms with Crippen LogP contribution in [0.25, 0.3) is 10.9 Å². The molecule has 41 heavy (non-hydrogen) atoms. The Hall–Kier alpha value is -3.23. The summed E-state index contributed by atoms with van der Waals surface area (Å²) in [6.45, 7) is 2.94. The second kappa shape index (κ2) is 11.9. The van der Waals surface area contributed by atoms with Crippen molar-refractivity contribution in [2.45, 2.75) is 51.4 Å². The number of allylic oxidation sites excluding steroid dienone is 1. The number of halogens is 2. The standard InChI is InChI=1S/C32H37ClFN5O2/c1-39-12-10-32(11-13-39)17-22(18-32)19-41-29-16-27-24(15-28(29)38-30(40)7-3-6-21-4-2-5-21)31(36-20-35-27)37-23-8-9-26(34)25(33)14-23/h3,7-9,14-16,20-22H,2,4-6,10-13,17-19H2,1H3,(H,38,40)(H,35,36,37). The Morgan fingerprint density at radius 1 is 1.17 bits per heavy atom. The molecule has 2 saturated carbocycles. The van der Waals surface area contributed by atoms with Gasteiger partial charge in [-0.15, -0.1) is 0 Å². The van der Waals surface area contributed by atoms with Crippen LogP contribution in [0.1, 0.15) is 51.4 Å². The summed E-state index contributed by atoms with van der Waals surface area (Å²) in [4.78, 5) is 24.2. The smallest absolute Gasteiger partial charge is 0.248 e. The molecule has 9 heteroatoms. The largest absolute Gasteiger partial charge is 0.491 e. The Balaban J connectivity index is 1.21. The van der Waals surface area contributed by atoms with Crippen LogP contribution in [-0.2, 0) is 4.79 Å². The van der Waals surface area contributed by atoms with E-state index in [-0.39, 0.29) is 10.9 Å². The van der Waals surface area contributed by atoms with Gasteiger partial charge >= 0.3 is 0 Å². The number of amides is 1. The maximum absolute atomic E-state index is 13.7. The molecule has 3 aromatic rings. The molecule has 2 aromatic carbocycles. The maximum atomic E-state index is 13.7. The zero-order valence-corrected chi connectivity index (χ0v) is 24.2. The van der Waals surface area contributed by atoms with E-state index < -0.39 is 5.82 Å². The number of piperidine rings is 1. The fraction of sp³-hybridized carbons (Fsp3) is 0.469. The molecule has 1 amide bonds. The molecule has 2 aliphatic carbocycles. The van der Waals surface area contributed by atoms with Crippen LogP contribution in [0.2, 0.25) is 5.02 Å². The normalized spacial score (nSPS) is 19.3. The van der Waals surface area contributed by atoms with Gasteiger partial charge < -0.3 is 20.3 Å². The van der Waals surface area contributed by atoms with Crippen molar-refractivity contribution in [2.24, 2.45) is 17.3 Å². The van der Waals surface area contributed by atoms with Crippen LogP contribution in [0.3, 0.4) is 0 Å². The summed E-state index contributed by atoms with van der Waals surface area (Å²) in [5.74, 6) is 1.63. The van der Waals surface area contributed by atoms with Gasteiger partial charge in [0.1, 0.15) is 23.7 Å². The highest BCUT2D eigenvalue weighted by Gasteiger charge is 2.45. The number of carbonyl (C=O) groups is 1.